The van der Waals surface area contributed by atoms with Crippen LogP contribution >= 0.6 is 0 Å². The van der Waals surface area contributed by atoms with Crippen LogP contribution in [-0.2, 0) is 20.0 Å². The van der Waals surface area contributed by atoms with E-state index in [0.717, 1.165) is 24.4 Å². The molecule has 2 N–H and O–H groups in total. The molecule has 3 heteroatoms. The van der Waals surface area contributed by atoms with Crippen molar-refractivity contribution in [2.24, 2.45) is 12.8 Å². The van der Waals surface area contributed by atoms with Crippen molar-refractivity contribution in [1.29, 1.82) is 0 Å². The fourth-order valence-electron chi connectivity index (χ4n) is 1.34. The summed E-state index contributed by atoms with van der Waals surface area (Å²) in [6.45, 7) is 4.77. The molecule has 0 aliphatic carbocycles. The fraction of sp³-hybridized carbons (Fsp3) is 0.667. The maximum absolute atomic E-state index is 5.55. The van der Waals surface area contributed by atoms with E-state index in [4.69, 9.17) is 5.73 Å². The minimum absolute atomic E-state index is 0.545. The second-order valence-electron chi connectivity index (χ2n) is 3.07. The molecule has 0 atom stereocenters. The first-order valence-corrected chi connectivity index (χ1v) is 4.41. The van der Waals surface area contributed by atoms with Crippen LogP contribution in [0.4, 0.5) is 0 Å². The average Bonchev–Trinajstić information content (AvgIpc) is 2.33. The highest BCUT2D eigenvalue weighted by Crippen LogP contribution is 2.09. The van der Waals surface area contributed by atoms with E-state index in [-0.39, 0.29) is 0 Å². The van der Waals surface area contributed by atoms with Crippen LogP contribution in [0, 0.1) is 6.92 Å². The second kappa shape index (κ2) is 3.72. The number of aromatic nitrogens is 2. The smallest absolute Gasteiger partial charge is 0.108 e. The van der Waals surface area contributed by atoms with Gasteiger partial charge >= 0.3 is 0 Å². The number of hydrogen-bond donors (Lipinski definition) is 1. The molecule has 0 amide bonds. The molecule has 3 nitrogen and oxygen atoms in total. The highest BCUT2D eigenvalue weighted by Gasteiger charge is 2.07. The van der Waals surface area contributed by atoms with Crippen molar-refractivity contribution in [2.45, 2.75) is 33.2 Å². The van der Waals surface area contributed by atoms with E-state index in [1.54, 1.807) is 0 Å². The van der Waals surface area contributed by atoms with Crippen molar-refractivity contribution in [3.63, 3.8) is 0 Å². The fourth-order valence-corrected chi connectivity index (χ4v) is 1.34. The molecule has 0 bridgehead atoms. The lowest BCUT2D eigenvalue weighted by Crippen LogP contribution is -2.00. The van der Waals surface area contributed by atoms with Crippen LogP contribution < -0.4 is 5.73 Å². The summed E-state index contributed by atoms with van der Waals surface area (Å²) in [6.07, 6.45) is 2.17. The normalized spacial score (nSPS) is 10.7. The summed E-state index contributed by atoms with van der Waals surface area (Å²) in [5, 5.41) is 0. The van der Waals surface area contributed by atoms with Gasteiger partial charge in [0.15, 0.2) is 0 Å². The third-order valence-corrected chi connectivity index (χ3v) is 2.24. The van der Waals surface area contributed by atoms with E-state index >= 15 is 0 Å². The molecule has 0 unspecified atom stereocenters. The highest BCUT2D eigenvalue weighted by atomic mass is 15.1. The zero-order valence-corrected chi connectivity index (χ0v) is 8.09. The molecule has 0 fully saturated rings. The molecule has 0 aromatic carbocycles. The molecule has 0 radical (unpaired) electrons. The number of nitrogens with zero attached hydrogens (tertiary/aromatic N) is 2. The lowest BCUT2D eigenvalue weighted by molar-refractivity contribution is 0.745. The maximum Gasteiger partial charge on any atom is 0.108 e. The average molecular weight is 167 g/mol. The van der Waals surface area contributed by atoms with Gasteiger partial charge in [-0.3, -0.25) is 0 Å². The quantitative estimate of drug-likeness (QED) is 0.733. The Morgan fingerprint density at radius 1 is 1.50 bits per heavy atom. The van der Waals surface area contributed by atoms with Crippen LogP contribution in [0.1, 0.15) is 30.6 Å². The Balaban J connectivity index is 2.98. The van der Waals surface area contributed by atoms with Gasteiger partial charge in [-0.05, 0) is 13.3 Å². The first-order valence-electron chi connectivity index (χ1n) is 4.41. The summed E-state index contributed by atoms with van der Waals surface area (Å²) in [6, 6.07) is 0. The third-order valence-electron chi connectivity index (χ3n) is 2.24. The van der Waals surface area contributed by atoms with E-state index < -0.39 is 0 Å². The molecular weight excluding hydrogens is 150 g/mol. The van der Waals surface area contributed by atoms with Crippen LogP contribution in [0.5, 0.6) is 0 Å². The maximum atomic E-state index is 5.55. The molecule has 0 saturated carbocycles. The summed E-state index contributed by atoms with van der Waals surface area (Å²) >= 11 is 0. The Bertz CT molecular complexity index is 263. The van der Waals surface area contributed by atoms with E-state index in [2.05, 4.69) is 23.4 Å². The van der Waals surface area contributed by atoms with Crippen LogP contribution in [0.25, 0.3) is 0 Å². The van der Waals surface area contributed by atoms with Crippen molar-refractivity contribution < 1.29 is 0 Å². The zero-order chi connectivity index (χ0) is 9.14. The molecule has 0 spiro atoms. The van der Waals surface area contributed by atoms with Gasteiger partial charge in [0, 0.05) is 25.7 Å². The van der Waals surface area contributed by atoms with E-state index in [1.807, 2.05) is 7.05 Å². The molecule has 1 aromatic rings. The Morgan fingerprint density at radius 2 is 2.17 bits per heavy atom. The molecule has 1 heterocycles. The number of hydrogen-bond acceptors (Lipinski definition) is 2. The number of nitrogens with two attached hydrogens (primary N) is 1. The van der Waals surface area contributed by atoms with Gasteiger partial charge in [-0.1, -0.05) is 6.92 Å². The molecular formula is C9H17N3. The van der Waals surface area contributed by atoms with Crippen molar-refractivity contribution in [2.75, 3.05) is 0 Å². The zero-order valence-electron chi connectivity index (χ0n) is 8.09. The van der Waals surface area contributed by atoms with Gasteiger partial charge in [-0.15, -0.1) is 0 Å². The molecule has 0 aliphatic heterocycles. The predicted molar refractivity (Wildman–Crippen MR) is 49.8 cm³/mol. The summed E-state index contributed by atoms with van der Waals surface area (Å²) in [7, 11) is 2.05. The molecule has 0 saturated heterocycles. The van der Waals surface area contributed by atoms with Crippen molar-refractivity contribution in [3.05, 3.63) is 17.2 Å². The standard InChI is InChI=1S/C9H17N3/c1-4-5-9-11-8(6-10)7(2)12(9)3/h4-6,10H2,1-3H3. The topological polar surface area (TPSA) is 43.8 Å². The molecule has 1 rings (SSSR count). The monoisotopic (exact) mass is 167 g/mol. The van der Waals surface area contributed by atoms with Crippen molar-refractivity contribution in [1.82, 2.24) is 9.55 Å². The first-order chi connectivity index (χ1) is 5.70. The van der Waals surface area contributed by atoms with Crippen LogP contribution in [-0.4, -0.2) is 9.55 Å². The minimum atomic E-state index is 0.545. The SMILES string of the molecule is CCCc1nc(CN)c(C)n1C. The van der Waals surface area contributed by atoms with Crippen molar-refractivity contribution >= 4 is 0 Å². The van der Waals surface area contributed by atoms with E-state index in [0.29, 0.717) is 6.54 Å². The number of imidazole rings is 1. The lowest BCUT2D eigenvalue weighted by Gasteiger charge is -2.00. The van der Waals surface area contributed by atoms with E-state index in [9.17, 15) is 0 Å². The number of aryl methyl sites for hydroxylation is 1. The molecule has 68 valence electrons. The third kappa shape index (κ3) is 1.50. The van der Waals surface area contributed by atoms with Crippen LogP contribution in [0.2, 0.25) is 0 Å². The summed E-state index contributed by atoms with van der Waals surface area (Å²) in [4.78, 5) is 4.46. The van der Waals surface area contributed by atoms with Gasteiger partial charge in [-0.25, -0.2) is 4.98 Å². The van der Waals surface area contributed by atoms with Gasteiger partial charge in [0.1, 0.15) is 5.82 Å². The highest BCUT2D eigenvalue weighted by molar-refractivity contribution is 5.15. The van der Waals surface area contributed by atoms with Gasteiger partial charge < -0.3 is 10.3 Å². The molecule has 12 heavy (non-hydrogen) atoms. The van der Waals surface area contributed by atoms with Crippen LogP contribution in [0.3, 0.4) is 0 Å². The Labute approximate surface area is 73.6 Å². The van der Waals surface area contributed by atoms with Gasteiger partial charge in [0.05, 0.1) is 5.69 Å². The second-order valence-corrected chi connectivity index (χ2v) is 3.07. The Morgan fingerprint density at radius 3 is 2.58 bits per heavy atom. The lowest BCUT2D eigenvalue weighted by atomic mass is 10.3. The first kappa shape index (κ1) is 9.26. The largest absolute Gasteiger partial charge is 0.335 e. The number of rotatable bonds is 3. The van der Waals surface area contributed by atoms with Gasteiger partial charge in [0.25, 0.3) is 0 Å². The summed E-state index contributed by atoms with van der Waals surface area (Å²) in [5.74, 6) is 1.15. The van der Waals surface area contributed by atoms with Crippen LogP contribution in [0.15, 0.2) is 0 Å². The molecule has 1 aromatic heterocycles. The van der Waals surface area contributed by atoms with E-state index in [1.165, 1.54) is 5.69 Å². The van der Waals surface area contributed by atoms with Gasteiger partial charge in [0.2, 0.25) is 0 Å². The van der Waals surface area contributed by atoms with Gasteiger partial charge in [-0.2, -0.15) is 0 Å². The summed E-state index contributed by atoms with van der Waals surface area (Å²) < 4.78 is 2.13. The van der Waals surface area contributed by atoms with Crippen molar-refractivity contribution in [3.8, 4) is 0 Å². The Kier molecular flexibility index (Phi) is 2.87. The predicted octanol–water partition coefficient (Wildman–Crippen LogP) is 1.14. The Hall–Kier alpha value is -0.830. The minimum Gasteiger partial charge on any atom is -0.335 e. The molecule has 0 aliphatic rings. The summed E-state index contributed by atoms with van der Waals surface area (Å²) in [5.41, 5.74) is 7.78.